The number of rotatable bonds is 6. The third kappa shape index (κ3) is 3.02. The lowest BCUT2D eigenvalue weighted by atomic mass is 10.1. The van der Waals surface area contributed by atoms with Crippen LogP contribution in [0.3, 0.4) is 0 Å². The molecule has 0 amide bonds. The van der Waals surface area contributed by atoms with Crippen LogP contribution in [0.25, 0.3) is 0 Å². The monoisotopic (exact) mass is 244 g/mol. The van der Waals surface area contributed by atoms with Gasteiger partial charge in [-0.15, -0.1) is 0 Å². The van der Waals surface area contributed by atoms with E-state index >= 15 is 0 Å². The predicted molar refractivity (Wildman–Crippen MR) is 71.3 cm³/mol. The molecule has 3 heteroatoms. The van der Waals surface area contributed by atoms with Crippen LogP contribution in [0.2, 0.25) is 0 Å². The Bertz CT molecular complexity index is 446. The molecule has 96 valence electrons. The van der Waals surface area contributed by atoms with Crippen LogP contribution in [0.15, 0.2) is 24.3 Å². The van der Waals surface area contributed by atoms with Crippen LogP contribution >= 0.6 is 0 Å². The quantitative estimate of drug-likeness (QED) is 0.836. The highest BCUT2D eigenvalue weighted by atomic mass is 16.5. The van der Waals surface area contributed by atoms with Gasteiger partial charge in [-0.3, -0.25) is 0 Å². The summed E-state index contributed by atoms with van der Waals surface area (Å²) in [5.74, 6) is 0.902. The summed E-state index contributed by atoms with van der Waals surface area (Å²) in [4.78, 5) is 0. The molecule has 0 bridgehead atoms. The standard InChI is InChI=1S/C15H20N2O/c1-12(17-2)13-4-3-5-14(10-13)18-11-15(6-7-15)8-9-16/h3-5,10,12,17H,6-8,11H2,1-2H3. The normalized spacial score (nSPS) is 17.8. The Hall–Kier alpha value is -1.53. The SMILES string of the molecule is CNC(C)c1cccc(OCC2(CC#N)CC2)c1. The number of nitrogens with zero attached hydrogens (tertiary/aromatic N) is 1. The summed E-state index contributed by atoms with van der Waals surface area (Å²) in [7, 11) is 1.95. The molecule has 2 rings (SSSR count). The first kappa shape index (κ1) is 12.9. The minimum absolute atomic E-state index is 0.138. The fourth-order valence-electron chi connectivity index (χ4n) is 1.99. The van der Waals surface area contributed by atoms with Gasteiger partial charge >= 0.3 is 0 Å². The average Bonchev–Trinajstić information content (AvgIpc) is 3.17. The van der Waals surface area contributed by atoms with Gasteiger partial charge in [0.1, 0.15) is 5.75 Å². The molecule has 0 aromatic heterocycles. The maximum atomic E-state index is 8.77. The molecule has 1 aliphatic carbocycles. The van der Waals surface area contributed by atoms with Crippen molar-refractivity contribution in [1.82, 2.24) is 5.32 Å². The van der Waals surface area contributed by atoms with Gasteiger partial charge in [0, 0.05) is 17.9 Å². The van der Waals surface area contributed by atoms with Gasteiger partial charge in [0.25, 0.3) is 0 Å². The molecule has 1 aromatic carbocycles. The largest absolute Gasteiger partial charge is 0.493 e. The summed E-state index contributed by atoms with van der Waals surface area (Å²) in [6.45, 7) is 2.79. The second-order valence-corrected chi connectivity index (χ2v) is 5.21. The summed E-state index contributed by atoms with van der Waals surface area (Å²) < 4.78 is 5.84. The van der Waals surface area contributed by atoms with Crippen molar-refractivity contribution < 1.29 is 4.74 Å². The number of hydrogen-bond acceptors (Lipinski definition) is 3. The van der Waals surface area contributed by atoms with Gasteiger partial charge in [-0.25, -0.2) is 0 Å². The molecule has 0 saturated heterocycles. The number of nitrogens with one attached hydrogen (secondary N) is 1. The summed E-state index contributed by atoms with van der Waals surface area (Å²) in [5, 5.41) is 12.0. The van der Waals surface area contributed by atoms with Crippen LogP contribution in [-0.4, -0.2) is 13.7 Å². The zero-order chi connectivity index (χ0) is 13.0. The Kier molecular flexibility index (Phi) is 3.88. The Labute approximate surface area is 109 Å². The van der Waals surface area contributed by atoms with Crippen LogP contribution in [0, 0.1) is 16.7 Å². The Balaban J connectivity index is 1.96. The van der Waals surface area contributed by atoms with Gasteiger partial charge in [0.15, 0.2) is 0 Å². The van der Waals surface area contributed by atoms with Gasteiger partial charge in [0.05, 0.1) is 12.7 Å². The van der Waals surface area contributed by atoms with Crippen LogP contribution in [0.5, 0.6) is 5.75 Å². The van der Waals surface area contributed by atoms with Crippen LogP contribution in [-0.2, 0) is 0 Å². The maximum Gasteiger partial charge on any atom is 0.119 e. The minimum Gasteiger partial charge on any atom is -0.493 e. The summed E-state index contributed by atoms with van der Waals surface area (Å²) in [6, 6.07) is 10.7. The van der Waals surface area contributed by atoms with Crippen molar-refractivity contribution in [2.45, 2.75) is 32.2 Å². The first-order valence-electron chi connectivity index (χ1n) is 6.46. The van der Waals surface area contributed by atoms with Crippen molar-refractivity contribution in [3.05, 3.63) is 29.8 Å². The van der Waals surface area contributed by atoms with Gasteiger partial charge in [-0.05, 0) is 44.5 Å². The molecule has 1 fully saturated rings. The van der Waals surface area contributed by atoms with E-state index in [2.05, 4.69) is 30.4 Å². The second kappa shape index (κ2) is 5.41. The smallest absolute Gasteiger partial charge is 0.119 e. The molecule has 0 aliphatic heterocycles. The van der Waals surface area contributed by atoms with Crippen molar-refractivity contribution >= 4 is 0 Å². The first-order chi connectivity index (χ1) is 8.69. The van der Waals surface area contributed by atoms with E-state index in [1.807, 2.05) is 19.2 Å². The summed E-state index contributed by atoms with van der Waals surface area (Å²) >= 11 is 0. The molecule has 1 aromatic rings. The number of hydrogen-bond donors (Lipinski definition) is 1. The lowest BCUT2D eigenvalue weighted by Crippen LogP contribution is -2.14. The molecule has 1 saturated carbocycles. The zero-order valence-electron chi connectivity index (χ0n) is 11.1. The van der Waals surface area contributed by atoms with Gasteiger partial charge in [-0.1, -0.05) is 12.1 Å². The van der Waals surface area contributed by atoms with Crippen LogP contribution < -0.4 is 10.1 Å². The molecule has 1 unspecified atom stereocenters. The molecular formula is C15H20N2O. The lowest BCUT2D eigenvalue weighted by molar-refractivity contribution is 0.236. The highest BCUT2D eigenvalue weighted by molar-refractivity contribution is 5.30. The van der Waals surface area contributed by atoms with E-state index in [4.69, 9.17) is 10.00 Å². The fraction of sp³-hybridized carbons (Fsp3) is 0.533. The van der Waals surface area contributed by atoms with Crippen molar-refractivity contribution in [1.29, 1.82) is 5.26 Å². The molecule has 3 nitrogen and oxygen atoms in total. The molecule has 1 N–H and O–H groups in total. The van der Waals surface area contributed by atoms with E-state index in [-0.39, 0.29) is 5.41 Å². The molecule has 0 spiro atoms. The average molecular weight is 244 g/mol. The van der Waals surface area contributed by atoms with Crippen molar-refractivity contribution in [2.24, 2.45) is 5.41 Å². The third-order valence-corrected chi connectivity index (χ3v) is 3.75. The molecular weight excluding hydrogens is 224 g/mol. The fourth-order valence-corrected chi connectivity index (χ4v) is 1.99. The third-order valence-electron chi connectivity index (χ3n) is 3.75. The van der Waals surface area contributed by atoms with Gasteiger partial charge in [-0.2, -0.15) is 5.26 Å². The van der Waals surface area contributed by atoms with E-state index in [0.717, 1.165) is 18.6 Å². The molecule has 0 heterocycles. The van der Waals surface area contributed by atoms with E-state index in [9.17, 15) is 0 Å². The number of benzene rings is 1. The van der Waals surface area contributed by atoms with Gasteiger partial charge in [0.2, 0.25) is 0 Å². The second-order valence-electron chi connectivity index (χ2n) is 5.21. The zero-order valence-corrected chi connectivity index (χ0v) is 11.1. The van der Waals surface area contributed by atoms with Crippen LogP contribution in [0.4, 0.5) is 0 Å². The highest BCUT2D eigenvalue weighted by Crippen LogP contribution is 2.48. The first-order valence-corrected chi connectivity index (χ1v) is 6.46. The van der Waals surface area contributed by atoms with Crippen molar-refractivity contribution in [2.75, 3.05) is 13.7 Å². The van der Waals surface area contributed by atoms with Crippen molar-refractivity contribution in [3.8, 4) is 11.8 Å². The Morgan fingerprint density at radius 1 is 1.50 bits per heavy atom. The summed E-state index contributed by atoms with van der Waals surface area (Å²) in [5.41, 5.74) is 1.36. The predicted octanol–water partition coefficient (Wildman–Crippen LogP) is 3.04. The molecule has 0 radical (unpaired) electrons. The number of nitriles is 1. The molecule has 1 atom stereocenters. The van der Waals surface area contributed by atoms with E-state index in [1.54, 1.807) is 0 Å². The Morgan fingerprint density at radius 3 is 2.89 bits per heavy atom. The topological polar surface area (TPSA) is 45.0 Å². The molecule has 18 heavy (non-hydrogen) atoms. The lowest BCUT2D eigenvalue weighted by Gasteiger charge is -2.15. The van der Waals surface area contributed by atoms with Crippen molar-refractivity contribution in [3.63, 3.8) is 0 Å². The molecule has 1 aliphatic rings. The number of ether oxygens (including phenoxy) is 1. The highest BCUT2D eigenvalue weighted by Gasteiger charge is 2.43. The van der Waals surface area contributed by atoms with Crippen LogP contribution in [0.1, 0.15) is 37.8 Å². The van der Waals surface area contributed by atoms with E-state index in [0.29, 0.717) is 19.1 Å². The van der Waals surface area contributed by atoms with Gasteiger partial charge < -0.3 is 10.1 Å². The Morgan fingerprint density at radius 2 is 2.28 bits per heavy atom. The summed E-state index contributed by atoms with van der Waals surface area (Å²) in [6.07, 6.45) is 2.85. The van der Waals surface area contributed by atoms with E-state index < -0.39 is 0 Å². The van der Waals surface area contributed by atoms with E-state index in [1.165, 1.54) is 5.56 Å². The minimum atomic E-state index is 0.138. The maximum absolute atomic E-state index is 8.77.